The van der Waals surface area contributed by atoms with E-state index in [0.717, 1.165) is 18.7 Å². The molecular formula is C19H31NO2. The average molecular weight is 305 g/mol. The van der Waals surface area contributed by atoms with Crippen LogP contribution >= 0.6 is 0 Å². The second-order valence-electron chi connectivity index (χ2n) is 7.09. The van der Waals surface area contributed by atoms with Gasteiger partial charge >= 0.3 is 0 Å². The molecule has 1 aromatic carbocycles. The summed E-state index contributed by atoms with van der Waals surface area (Å²) < 4.78 is 6.12. The quantitative estimate of drug-likeness (QED) is 0.752. The molecule has 124 valence electrons. The largest absolute Gasteiger partial charge is 0.477 e. The smallest absolute Gasteiger partial charge is 0.266 e. The van der Waals surface area contributed by atoms with Crippen molar-refractivity contribution in [1.29, 1.82) is 0 Å². The highest BCUT2D eigenvalue weighted by molar-refractivity contribution is 5.85. The van der Waals surface area contributed by atoms with Gasteiger partial charge in [0.05, 0.1) is 0 Å². The third-order valence-corrected chi connectivity index (χ3v) is 4.27. The first-order valence-electron chi connectivity index (χ1n) is 8.18. The van der Waals surface area contributed by atoms with Crippen LogP contribution in [-0.4, -0.2) is 30.0 Å². The van der Waals surface area contributed by atoms with Gasteiger partial charge in [0, 0.05) is 19.5 Å². The van der Waals surface area contributed by atoms with Crippen molar-refractivity contribution in [1.82, 2.24) is 4.90 Å². The molecule has 0 aliphatic heterocycles. The van der Waals surface area contributed by atoms with Crippen LogP contribution in [0.2, 0.25) is 0 Å². The zero-order valence-electron chi connectivity index (χ0n) is 15.1. The fraction of sp³-hybridized carbons (Fsp3) is 0.632. The molecule has 0 bridgehead atoms. The molecule has 1 unspecified atom stereocenters. The lowest BCUT2D eigenvalue weighted by Crippen LogP contribution is -2.53. The number of ether oxygens (including phenoxy) is 1. The van der Waals surface area contributed by atoms with Gasteiger partial charge in [-0.2, -0.15) is 0 Å². The van der Waals surface area contributed by atoms with Gasteiger partial charge in [-0.1, -0.05) is 45.4 Å². The molecule has 0 fully saturated rings. The van der Waals surface area contributed by atoms with Crippen molar-refractivity contribution >= 4 is 5.91 Å². The fourth-order valence-corrected chi connectivity index (χ4v) is 2.19. The van der Waals surface area contributed by atoms with E-state index < -0.39 is 5.60 Å². The first kappa shape index (κ1) is 18.5. The van der Waals surface area contributed by atoms with Crippen LogP contribution in [0.25, 0.3) is 0 Å². The molecule has 3 nitrogen and oxygen atoms in total. The molecule has 0 N–H and O–H groups in total. The number of carbonyl (C=O) groups is 1. The average Bonchev–Trinajstić information content (AvgIpc) is 2.46. The predicted octanol–water partition coefficient (Wildman–Crippen LogP) is 4.29. The van der Waals surface area contributed by atoms with Crippen LogP contribution in [0.1, 0.15) is 46.6 Å². The van der Waals surface area contributed by atoms with E-state index in [4.69, 9.17) is 4.74 Å². The maximum absolute atomic E-state index is 12.9. The molecule has 0 aliphatic rings. The van der Waals surface area contributed by atoms with E-state index in [1.54, 1.807) is 4.90 Å². The van der Waals surface area contributed by atoms with Gasteiger partial charge in [0.1, 0.15) is 5.75 Å². The van der Waals surface area contributed by atoms with Gasteiger partial charge in [0.2, 0.25) is 0 Å². The molecule has 0 radical (unpaired) electrons. The van der Waals surface area contributed by atoms with Gasteiger partial charge in [-0.15, -0.1) is 0 Å². The molecule has 0 heterocycles. The number of nitrogens with zero attached hydrogens (tertiary/aromatic N) is 1. The second-order valence-corrected chi connectivity index (χ2v) is 7.09. The third kappa shape index (κ3) is 4.75. The summed E-state index contributed by atoms with van der Waals surface area (Å²) in [6.45, 7) is 13.1. The minimum absolute atomic E-state index is 0.0451. The number of amides is 1. The highest BCUT2D eigenvalue weighted by Crippen LogP contribution is 2.27. The predicted molar refractivity (Wildman–Crippen MR) is 92.1 cm³/mol. The summed E-state index contributed by atoms with van der Waals surface area (Å²) >= 11 is 0. The molecule has 1 atom stereocenters. The van der Waals surface area contributed by atoms with Gasteiger partial charge in [0.25, 0.3) is 5.91 Å². The second kappa shape index (κ2) is 7.66. The molecule has 0 spiro atoms. The SMILES string of the molecule is Cc1ccc(OC(C)(C(=O)N(C)CCC(C)C)C(C)C)cc1. The molecule has 0 saturated heterocycles. The zero-order chi connectivity index (χ0) is 16.9. The molecule has 3 heteroatoms. The summed E-state index contributed by atoms with van der Waals surface area (Å²) in [5.41, 5.74) is 0.333. The first-order chi connectivity index (χ1) is 10.2. The van der Waals surface area contributed by atoms with E-state index in [1.807, 2.05) is 59.0 Å². The Balaban J connectivity index is 2.89. The Labute approximate surface area is 135 Å². The van der Waals surface area contributed by atoms with Crippen LogP contribution in [0.5, 0.6) is 5.75 Å². The summed E-state index contributed by atoms with van der Waals surface area (Å²) in [5.74, 6) is 1.46. The maximum atomic E-state index is 12.9. The van der Waals surface area contributed by atoms with Crippen molar-refractivity contribution in [2.45, 2.75) is 53.6 Å². The summed E-state index contributed by atoms with van der Waals surface area (Å²) in [5, 5.41) is 0. The maximum Gasteiger partial charge on any atom is 0.266 e. The lowest BCUT2D eigenvalue weighted by molar-refractivity contribution is -0.149. The van der Waals surface area contributed by atoms with Crippen molar-refractivity contribution in [2.24, 2.45) is 11.8 Å². The lowest BCUT2D eigenvalue weighted by atomic mass is 9.90. The monoisotopic (exact) mass is 305 g/mol. The van der Waals surface area contributed by atoms with Gasteiger partial charge < -0.3 is 9.64 Å². The van der Waals surface area contributed by atoms with Gasteiger partial charge in [-0.05, 0) is 38.3 Å². The summed E-state index contributed by atoms with van der Waals surface area (Å²) in [4.78, 5) is 14.7. The van der Waals surface area contributed by atoms with Crippen LogP contribution in [0, 0.1) is 18.8 Å². The normalized spacial score (nSPS) is 14.0. The van der Waals surface area contributed by atoms with E-state index >= 15 is 0 Å². The molecule has 22 heavy (non-hydrogen) atoms. The highest BCUT2D eigenvalue weighted by atomic mass is 16.5. The van der Waals surface area contributed by atoms with Gasteiger partial charge in [0.15, 0.2) is 5.60 Å². The Morgan fingerprint density at radius 3 is 2.18 bits per heavy atom. The van der Waals surface area contributed by atoms with Crippen LogP contribution < -0.4 is 4.74 Å². The van der Waals surface area contributed by atoms with Gasteiger partial charge in [-0.3, -0.25) is 4.79 Å². The van der Waals surface area contributed by atoms with Crippen molar-refractivity contribution in [3.05, 3.63) is 29.8 Å². The van der Waals surface area contributed by atoms with Crippen molar-refractivity contribution in [3.8, 4) is 5.75 Å². The Kier molecular flexibility index (Phi) is 6.46. The summed E-state index contributed by atoms with van der Waals surface area (Å²) in [6.07, 6.45) is 1.00. The minimum Gasteiger partial charge on any atom is -0.477 e. The van der Waals surface area contributed by atoms with E-state index in [0.29, 0.717) is 5.92 Å². The standard InChI is InChI=1S/C19H31NO2/c1-14(2)12-13-20(7)18(21)19(6,15(3)4)22-17-10-8-16(5)9-11-17/h8-11,14-15H,12-13H2,1-7H3. The number of carbonyl (C=O) groups excluding carboxylic acids is 1. The molecule has 1 amide bonds. The third-order valence-electron chi connectivity index (χ3n) is 4.27. The van der Waals surface area contributed by atoms with E-state index in [-0.39, 0.29) is 11.8 Å². The lowest BCUT2D eigenvalue weighted by Gasteiger charge is -2.36. The summed E-state index contributed by atoms with van der Waals surface area (Å²) in [7, 11) is 1.86. The van der Waals surface area contributed by atoms with E-state index in [1.165, 1.54) is 5.56 Å². The number of aryl methyl sites for hydroxylation is 1. The molecule has 0 aromatic heterocycles. The molecule has 0 saturated carbocycles. The topological polar surface area (TPSA) is 29.5 Å². The summed E-state index contributed by atoms with van der Waals surface area (Å²) in [6, 6.07) is 7.86. The minimum atomic E-state index is -0.846. The van der Waals surface area contributed by atoms with Crippen molar-refractivity contribution < 1.29 is 9.53 Å². The number of rotatable bonds is 7. The van der Waals surface area contributed by atoms with Crippen LogP contribution in [0.4, 0.5) is 0 Å². The molecule has 0 aliphatic carbocycles. The fourth-order valence-electron chi connectivity index (χ4n) is 2.19. The van der Waals surface area contributed by atoms with Crippen LogP contribution in [0.15, 0.2) is 24.3 Å². The molecule has 1 rings (SSSR count). The number of hydrogen-bond donors (Lipinski definition) is 0. The number of likely N-dealkylation sites (N-methyl/N-ethyl adjacent to an activating group) is 1. The van der Waals surface area contributed by atoms with Gasteiger partial charge in [-0.25, -0.2) is 0 Å². The Morgan fingerprint density at radius 1 is 1.18 bits per heavy atom. The van der Waals surface area contributed by atoms with Crippen LogP contribution in [-0.2, 0) is 4.79 Å². The highest BCUT2D eigenvalue weighted by Gasteiger charge is 2.41. The van der Waals surface area contributed by atoms with E-state index in [2.05, 4.69) is 13.8 Å². The van der Waals surface area contributed by atoms with E-state index in [9.17, 15) is 4.79 Å². The Morgan fingerprint density at radius 2 is 1.73 bits per heavy atom. The number of hydrogen-bond acceptors (Lipinski definition) is 2. The van der Waals surface area contributed by atoms with Crippen molar-refractivity contribution in [3.63, 3.8) is 0 Å². The zero-order valence-corrected chi connectivity index (χ0v) is 15.1. The number of benzene rings is 1. The molecular weight excluding hydrogens is 274 g/mol. The molecule has 1 aromatic rings. The Bertz CT molecular complexity index is 479. The van der Waals surface area contributed by atoms with Crippen molar-refractivity contribution in [2.75, 3.05) is 13.6 Å². The first-order valence-corrected chi connectivity index (χ1v) is 8.18. The Hall–Kier alpha value is -1.51. The van der Waals surface area contributed by atoms with Crippen LogP contribution in [0.3, 0.4) is 0 Å².